The van der Waals surface area contributed by atoms with Crippen molar-refractivity contribution in [2.45, 2.75) is 19.6 Å². The van der Waals surface area contributed by atoms with Gasteiger partial charge in [-0.2, -0.15) is 0 Å². The summed E-state index contributed by atoms with van der Waals surface area (Å²) in [4.78, 5) is 0. The summed E-state index contributed by atoms with van der Waals surface area (Å²) >= 11 is 0. The van der Waals surface area contributed by atoms with E-state index in [-0.39, 0.29) is 0 Å². The Morgan fingerprint density at radius 1 is 1.36 bits per heavy atom. The van der Waals surface area contributed by atoms with Crippen LogP contribution in [0.5, 0.6) is 0 Å². The fourth-order valence-electron chi connectivity index (χ4n) is 0.571. The van der Waals surface area contributed by atoms with Crippen LogP contribution in [0.1, 0.15) is 0 Å². The second-order valence-corrected chi connectivity index (χ2v) is 7.65. The van der Waals surface area contributed by atoms with E-state index in [1.165, 1.54) is 0 Å². The van der Waals surface area contributed by atoms with Gasteiger partial charge in [0, 0.05) is 6.08 Å². The summed E-state index contributed by atoms with van der Waals surface area (Å²) < 4.78 is 10.2. The fourth-order valence-corrected chi connectivity index (χ4v) is 1.43. The summed E-state index contributed by atoms with van der Waals surface area (Å²) in [5, 5.41) is 0. The fraction of sp³-hybridized carbons (Fsp3) is 0.500. The van der Waals surface area contributed by atoms with Gasteiger partial charge in [-0.05, 0) is 19.6 Å². The molecule has 0 amide bonds. The topological polar surface area (TPSA) is 18.5 Å². The average Bonchev–Trinajstić information content (AvgIpc) is 1.79. The zero-order valence-electron chi connectivity index (χ0n) is 7.68. The third-order valence-corrected chi connectivity index (χ3v) is 1.70. The Balaban J connectivity index is 3.80. The first-order valence-electron chi connectivity index (χ1n) is 3.53. The predicted octanol–water partition coefficient (Wildman–Crippen LogP) is 2.51. The van der Waals surface area contributed by atoms with Crippen LogP contribution in [0.3, 0.4) is 0 Å². The maximum absolute atomic E-state index is 5.52. The van der Waals surface area contributed by atoms with E-state index >= 15 is 0 Å². The first-order chi connectivity index (χ1) is 4.95. The van der Waals surface area contributed by atoms with Crippen molar-refractivity contribution < 1.29 is 9.16 Å². The van der Waals surface area contributed by atoms with Gasteiger partial charge in [0.1, 0.15) is 0 Å². The molecule has 0 fully saturated rings. The van der Waals surface area contributed by atoms with Crippen molar-refractivity contribution in [1.29, 1.82) is 0 Å². The highest BCUT2D eigenvalue weighted by Crippen LogP contribution is 2.09. The number of allylic oxidation sites excluding steroid dienone is 1. The molecule has 0 aromatic rings. The van der Waals surface area contributed by atoms with Crippen molar-refractivity contribution in [1.82, 2.24) is 0 Å². The van der Waals surface area contributed by atoms with Gasteiger partial charge in [-0.25, -0.2) is 0 Å². The van der Waals surface area contributed by atoms with E-state index in [1.54, 1.807) is 19.4 Å². The zero-order valence-corrected chi connectivity index (χ0v) is 8.68. The van der Waals surface area contributed by atoms with Crippen LogP contribution in [-0.2, 0) is 9.16 Å². The Morgan fingerprint density at radius 2 is 1.91 bits per heavy atom. The van der Waals surface area contributed by atoms with Gasteiger partial charge in [-0.15, -0.1) is 0 Å². The second kappa shape index (κ2) is 4.23. The minimum atomic E-state index is -1.48. The van der Waals surface area contributed by atoms with Crippen molar-refractivity contribution >= 4 is 8.32 Å². The van der Waals surface area contributed by atoms with Crippen LogP contribution in [0, 0.1) is 0 Å². The molecule has 2 nitrogen and oxygen atoms in total. The van der Waals surface area contributed by atoms with Gasteiger partial charge in [0.2, 0.25) is 8.32 Å². The number of hydrogen-bond donors (Lipinski definition) is 0. The van der Waals surface area contributed by atoms with Gasteiger partial charge in [0.25, 0.3) is 0 Å². The van der Waals surface area contributed by atoms with Gasteiger partial charge in [-0.1, -0.05) is 6.58 Å². The van der Waals surface area contributed by atoms with E-state index in [1.807, 2.05) is 0 Å². The van der Waals surface area contributed by atoms with Crippen molar-refractivity contribution in [3.63, 3.8) is 0 Å². The molecule has 0 radical (unpaired) electrons. The molecule has 0 heterocycles. The molecule has 0 atom stereocenters. The maximum Gasteiger partial charge on any atom is 0.242 e. The van der Waals surface area contributed by atoms with Crippen LogP contribution in [0.15, 0.2) is 24.7 Å². The van der Waals surface area contributed by atoms with Gasteiger partial charge in [-0.3, -0.25) is 0 Å². The molecular weight excluding hydrogens is 156 g/mol. The number of methoxy groups -OCH3 is 1. The van der Waals surface area contributed by atoms with Crippen molar-refractivity contribution in [3.8, 4) is 0 Å². The summed E-state index contributed by atoms with van der Waals surface area (Å²) in [6, 6.07) is 0. The van der Waals surface area contributed by atoms with Crippen LogP contribution in [0.4, 0.5) is 0 Å². The summed E-state index contributed by atoms with van der Waals surface area (Å²) in [7, 11) is 0.119. The molecule has 0 spiro atoms. The Kier molecular flexibility index (Phi) is 3.96. The summed E-state index contributed by atoms with van der Waals surface area (Å²) in [5.74, 6) is 0.672. The first-order valence-corrected chi connectivity index (χ1v) is 6.94. The zero-order chi connectivity index (χ0) is 8.91. The van der Waals surface area contributed by atoms with Crippen molar-refractivity contribution in [2.24, 2.45) is 0 Å². The number of rotatable bonds is 4. The Hall–Kier alpha value is -0.703. The van der Waals surface area contributed by atoms with Crippen LogP contribution >= 0.6 is 0 Å². The SMILES string of the molecule is C=C(/C=C\OC)O[Si](C)(C)C. The van der Waals surface area contributed by atoms with Crippen LogP contribution in [-0.4, -0.2) is 15.4 Å². The molecule has 0 unspecified atom stereocenters. The smallest absolute Gasteiger partial charge is 0.242 e. The normalized spacial score (nSPS) is 11.6. The van der Waals surface area contributed by atoms with Gasteiger partial charge in [0.05, 0.1) is 19.1 Å². The van der Waals surface area contributed by atoms with E-state index in [0.717, 1.165) is 0 Å². The lowest BCUT2D eigenvalue weighted by Gasteiger charge is -2.18. The standard InChI is InChI=1S/C8H16O2Si/c1-8(6-7-9-2)10-11(3,4)5/h6-7H,1H2,2-5H3/b7-6-. The molecule has 64 valence electrons. The van der Waals surface area contributed by atoms with E-state index < -0.39 is 8.32 Å². The molecule has 0 aliphatic carbocycles. The molecule has 0 aromatic heterocycles. The average molecular weight is 172 g/mol. The largest absolute Gasteiger partial charge is 0.545 e. The summed E-state index contributed by atoms with van der Waals surface area (Å²) in [6.45, 7) is 10.1. The molecule has 0 aliphatic heterocycles. The molecule has 0 saturated carbocycles. The highest BCUT2D eigenvalue weighted by molar-refractivity contribution is 6.70. The van der Waals surface area contributed by atoms with Crippen molar-refractivity contribution in [2.75, 3.05) is 7.11 Å². The van der Waals surface area contributed by atoms with Crippen LogP contribution < -0.4 is 0 Å². The van der Waals surface area contributed by atoms with Crippen LogP contribution in [0.2, 0.25) is 19.6 Å². The molecule has 0 aliphatic rings. The van der Waals surface area contributed by atoms with Gasteiger partial charge >= 0.3 is 0 Å². The Labute approximate surface area is 69.6 Å². The maximum atomic E-state index is 5.52. The Bertz CT molecular complexity index is 156. The monoisotopic (exact) mass is 172 g/mol. The Morgan fingerprint density at radius 3 is 2.27 bits per heavy atom. The molecule has 0 aromatic carbocycles. The third kappa shape index (κ3) is 7.19. The van der Waals surface area contributed by atoms with E-state index in [2.05, 4.69) is 26.2 Å². The highest BCUT2D eigenvalue weighted by Gasteiger charge is 2.15. The van der Waals surface area contributed by atoms with Crippen molar-refractivity contribution in [3.05, 3.63) is 24.7 Å². The molecular formula is C8H16O2Si. The minimum absolute atomic E-state index is 0.672. The summed E-state index contributed by atoms with van der Waals surface area (Å²) in [6.07, 6.45) is 3.28. The lowest BCUT2D eigenvalue weighted by molar-refractivity contribution is 0.334. The highest BCUT2D eigenvalue weighted by atomic mass is 28.4. The molecule has 0 saturated heterocycles. The van der Waals surface area contributed by atoms with Gasteiger partial charge < -0.3 is 9.16 Å². The van der Waals surface area contributed by atoms with Crippen LogP contribution in [0.25, 0.3) is 0 Å². The van der Waals surface area contributed by atoms with E-state index in [9.17, 15) is 0 Å². The lowest BCUT2D eigenvalue weighted by atomic mass is 10.5. The second-order valence-electron chi connectivity index (χ2n) is 3.22. The first kappa shape index (κ1) is 10.3. The minimum Gasteiger partial charge on any atom is -0.545 e. The number of hydrogen-bond acceptors (Lipinski definition) is 2. The molecule has 3 heteroatoms. The molecule has 0 rings (SSSR count). The molecule has 0 N–H and O–H groups in total. The van der Waals surface area contributed by atoms with E-state index in [0.29, 0.717) is 5.76 Å². The molecule has 0 bridgehead atoms. The summed E-state index contributed by atoms with van der Waals surface area (Å²) in [5.41, 5.74) is 0. The predicted molar refractivity (Wildman–Crippen MR) is 49.7 cm³/mol. The lowest BCUT2D eigenvalue weighted by Crippen LogP contribution is -2.24. The van der Waals surface area contributed by atoms with Gasteiger partial charge in [0.15, 0.2) is 0 Å². The van der Waals surface area contributed by atoms with E-state index in [4.69, 9.17) is 9.16 Å². The quantitative estimate of drug-likeness (QED) is 0.368. The molecule has 11 heavy (non-hydrogen) atoms. The third-order valence-electron chi connectivity index (χ3n) is 0.827. The number of ether oxygens (including phenoxy) is 1.